The van der Waals surface area contributed by atoms with Crippen molar-refractivity contribution in [2.75, 3.05) is 31.6 Å². The molecule has 0 fully saturated rings. The second kappa shape index (κ2) is 7.65. The average Bonchev–Trinajstić information content (AvgIpc) is 3.36. The Kier molecular flexibility index (Phi) is 4.90. The van der Waals surface area contributed by atoms with E-state index in [9.17, 15) is 4.79 Å². The van der Waals surface area contributed by atoms with Gasteiger partial charge in [-0.2, -0.15) is 0 Å². The first-order valence-corrected chi connectivity index (χ1v) is 9.20. The van der Waals surface area contributed by atoms with E-state index < -0.39 is 6.03 Å². The molecule has 1 aliphatic heterocycles. The molecule has 0 bridgehead atoms. The van der Waals surface area contributed by atoms with Crippen molar-refractivity contribution in [2.45, 2.75) is 0 Å². The van der Waals surface area contributed by atoms with Gasteiger partial charge < -0.3 is 24.3 Å². The van der Waals surface area contributed by atoms with Gasteiger partial charge in [0.1, 0.15) is 11.5 Å². The summed E-state index contributed by atoms with van der Waals surface area (Å²) in [4.78, 5) is 16.8. The van der Waals surface area contributed by atoms with Crippen molar-refractivity contribution < 1.29 is 23.7 Å². The topological polar surface area (TPSA) is 90.9 Å². The Morgan fingerprint density at radius 3 is 2.75 bits per heavy atom. The van der Waals surface area contributed by atoms with Gasteiger partial charge in [-0.1, -0.05) is 0 Å². The molecule has 144 valence electrons. The molecular formula is C19H17N3O5S. The number of ether oxygens (including phenoxy) is 4. The Balaban J connectivity index is 1.45. The van der Waals surface area contributed by atoms with Gasteiger partial charge in [-0.25, -0.2) is 9.78 Å². The first-order chi connectivity index (χ1) is 13.7. The summed E-state index contributed by atoms with van der Waals surface area (Å²) in [6, 6.07) is 10.3. The second-order valence-electron chi connectivity index (χ2n) is 5.75. The number of carbonyl (C=O) groups is 1. The van der Waals surface area contributed by atoms with Crippen molar-refractivity contribution >= 4 is 28.2 Å². The molecule has 2 heterocycles. The lowest BCUT2D eigenvalue weighted by Gasteiger charge is -2.11. The van der Waals surface area contributed by atoms with Crippen LogP contribution < -0.4 is 29.6 Å². The summed E-state index contributed by atoms with van der Waals surface area (Å²) in [6.07, 6.45) is 0. The zero-order valence-electron chi connectivity index (χ0n) is 15.1. The highest BCUT2D eigenvalue weighted by molar-refractivity contribution is 7.14. The van der Waals surface area contributed by atoms with Gasteiger partial charge in [-0.05, 0) is 30.3 Å². The van der Waals surface area contributed by atoms with Crippen LogP contribution in [-0.2, 0) is 0 Å². The number of nitrogens with zero attached hydrogens (tertiary/aromatic N) is 1. The standard InChI is InChI=1S/C19H17N3O5S/c1-24-12-4-5-13(16(8-12)25-2)20-18(23)22-19-21-14(9-28-19)11-3-6-15-17(7-11)27-10-26-15/h3-9H,10H2,1-2H3,(H2,20,21,22,23). The fourth-order valence-corrected chi connectivity index (χ4v) is 3.39. The van der Waals surface area contributed by atoms with Crippen LogP contribution in [-0.4, -0.2) is 32.0 Å². The predicted octanol–water partition coefficient (Wildman–Crippen LogP) is 4.20. The lowest BCUT2D eigenvalue weighted by molar-refractivity contribution is 0.174. The predicted molar refractivity (Wildman–Crippen MR) is 106 cm³/mol. The number of hydrogen-bond donors (Lipinski definition) is 2. The Morgan fingerprint density at radius 2 is 1.93 bits per heavy atom. The van der Waals surface area contributed by atoms with E-state index in [2.05, 4.69) is 15.6 Å². The van der Waals surface area contributed by atoms with E-state index in [4.69, 9.17) is 18.9 Å². The molecule has 0 aliphatic carbocycles. The largest absolute Gasteiger partial charge is 0.497 e. The van der Waals surface area contributed by atoms with Crippen molar-refractivity contribution in [3.05, 3.63) is 41.8 Å². The van der Waals surface area contributed by atoms with E-state index in [0.29, 0.717) is 33.8 Å². The van der Waals surface area contributed by atoms with Crippen LogP contribution >= 0.6 is 11.3 Å². The monoisotopic (exact) mass is 399 g/mol. The number of thiazole rings is 1. The number of benzene rings is 2. The minimum atomic E-state index is -0.421. The maximum Gasteiger partial charge on any atom is 0.325 e. The lowest BCUT2D eigenvalue weighted by atomic mass is 10.1. The van der Waals surface area contributed by atoms with Gasteiger partial charge in [0.25, 0.3) is 0 Å². The van der Waals surface area contributed by atoms with E-state index in [0.717, 1.165) is 11.3 Å². The third kappa shape index (κ3) is 3.65. The van der Waals surface area contributed by atoms with Gasteiger partial charge in [0.2, 0.25) is 6.79 Å². The van der Waals surface area contributed by atoms with Crippen LogP contribution in [0.5, 0.6) is 23.0 Å². The molecule has 0 saturated heterocycles. The summed E-state index contributed by atoms with van der Waals surface area (Å²) in [5.74, 6) is 2.53. The molecule has 2 aromatic carbocycles. The zero-order chi connectivity index (χ0) is 19.5. The molecule has 1 aromatic heterocycles. The molecule has 0 atom stereocenters. The van der Waals surface area contributed by atoms with Crippen molar-refractivity contribution in [1.29, 1.82) is 0 Å². The second-order valence-corrected chi connectivity index (χ2v) is 6.61. The highest BCUT2D eigenvalue weighted by Crippen LogP contribution is 2.36. The first-order valence-electron chi connectivity index (χ1n) is 8.32. The molecule has 0 unspecified atom stereocenters. The van der Waals surface area contributed by atoms with Crippen molar-refractivity contribution in [3.63, 3.8) is 0 Å². The van der Waals surface area contributed by atoms with Crippen LogP contribution in [0.1, 0.15) is 0 Å². The van der Waals surface area contributed by atoms with Crippen molar-refractivity contribution in [3.8, 4) is 34.3 Å². The summed E-state index contributed by atoms with van der Waals surface area (Å²) < 4.78 is 21.1. The van der Waals surface area contributed by atoms with Crippen LogP contribution in [0, 0.1) is 0 Å². The van der Waals surface area contributed by atoms with Crippen molar-refractivity contribution in [1.82, 2.24) is 4.98 Å². The molecular weight excluding hydrogens is 382 g/mol. The normalized spacial score (nSPS) is 11.8. The molecule has 0 spiro atoms. The maximum atomic E-state index is 12.3. The fraction of sp³-hybridized carbons (Fsp3) is 0.158. The van der Waals surface area contributed by atoms with Gasteiger partial charge in [0, 0.05) is 17.0 Å². The number of fused-ring (bicyclic) bond motifs is 1. The summed E-state index contributed by atoms with van der Waals surface area (Å²) in [5, 5.41) is 7.80. The molecule has 4 rings (SSSR count). The fourth-order valence-electron chi connectivity index (χ4n) is 2.67. The van der Waals surface area contributed by atoms with Crippen LogP contribution in [0.15, 0.2) is 41.8 Å². The number of carbonyl (C=O) groups excluding carboxylic acids is 1. The number of nitrogens with one attached hydrogen (secondary N) is 2. The number of rotatable bonds is 5. The number of anilines is 2. The summed E-state index contributed by atoms with van der Waals surface area (Å²) >= 11 is 1.33. The Labute approximate surface area is 165 Å². The van der Waals surface area contributed by atoms with Gasteiger partial charge in [0.05, 0.1) is 25.6 Å². The molecule has 0 saturated carbocycles. The summed E-state index contributed by atoms with van der Waals surface area (Å²) in [6.45, 7) is 0.220. The van der Waals surface area contributed by atoms with E-state index in [1.54, 1.807) is 25.3 Å². The Hall–Kier alpha value is -3.46. The summed E-state index contributed by atoms with van der Waals surface area (Å²) in [7, 11) is 3.09. The molecule has 1 aliphatic rings. The molecule has 2 amide bonds. The van der Waals surface area contributed by atoms with Crippen LogP contribution in [0.2, 0.25) is 0 Å². The van der Waals surface area contributed by atoms with E-state index in [1.807, 2.05) is 23.6 Å². The van der Waals surface area contributed by atoms with Crippen LogP contribution in [0.3, 0.4) is 0 Å². The molecule has 2 N–H and O–H groups in total. The first kappa shape index (κ1) is 17.9. The average molecular weight is 399 g/mol. The third-order valence-corrected chi connectivity index (χ3v) is 4.81. The van der Waals surface area contributed by atoms with Crippen LogP contribution in [0.25, 0.3) is 11.3 Å². The van der Waals surface area contributed by atoms with Gasteiger partial charge in [-0.3, -0.25) is 5.32 Å². The Morgan fingerprint density at radius 1 is 1.07 bits per heavy atom. The van der Waals surface area contributed by atoms with Gasteiger partial charge >= 0.3 is 6.03 Å². The SMILES string of the molecule is COc1ccc(NC(=O)Nc2nc(-c3ccc4c(c3)OCO4)cs2)c(OC)c1. The lowest BCUT2D eigenvalue weighted by Crippen LogP contribution is -2.19. The maximum absolute atomic E-state index is 12.3. The van der Waals surface area contributed by atoms with Crippen LogP contribution in [0.4, 0.5) is 15.6 Å². The molecule has 28 heavy (non-hydrogen) atoms. The highest BCUT2D eigenvalue weighted by atomic mass is 32.1. The number of urea groups is 1. The highest BCUT2D eigenvalue weighted by Gasteiger charge is 2.16. The molecule has 3 aromatic rings. The smallest absolute Gasteiger partial charge is 0.325 e. The third-order valence-electron chi connectivity index (χ3n) is 4.05. The Bertz CT molecular complexity index is 1020. The van der Waals surface area contributed by atoms with Gasteiger partial charge in [-0.15, -0.1) is 11.3 Å². The van der Waals surface area contributed by atoms with Crippen molar-refractivity contribution in [2.24, 2.45) is 0 Å². The number of aromatic nitrogens is 1. The zero-order valence-corrected chi connectivity index (χ0v) is 16.0. The van der Waals surface area contributed by atoms with E-state index in [1.165, 1.54) is 18.4 Å². The van der Waals surface area contributed by atoms with E-state index >= 15 is 0 Å². The number of hydrogen-bond acceptors (Lipinski definition) is 7. The number of amides is 2. The molecule has 8 nitrogen and oxygen atoms in total. The quantitative estimate of drug-likeness (QED) is 0.668. The minimum Gasteiger partial charge on any atom is -0.497 e. The molecule has 0 radical (unpaired) electrons. The van der Waals surface area contributed by atoms with Gasteiger partial charge in [0.15, 0.2) is 16.6 Å². The molecule has 9 heteroatoms. The minimum absolute atomic E-state index is 0.220. The summed E-state index contributed by atoms with van der Waals surface area (Å²) in [5.41, 5.74) is 2.14. The van der Waals surface area contributed by atoms with E-state index in [-0.39, 0.29) is 6.79 Å². The number of methoxy groups -OCH3 is 2.